The van der Waals surface area contributed by atoms with E-state index in [0.717, 1.165) is 61.3 Å². The quantitative estimate of drug-likeness (QED) is 0.152. The highest BCUT2D eigenvalue weighted by atomic mass is 16.3. The summed E-state index contributed by atoms with van der Waals surface area (Å²) in [5, 5.41) is 7.23. The minimum Gasteiger partial charge on any atom is -0.456 e. The van der Waals surface area contributed by atoms with Gasteiger partial charge in [-0.25, -0.2) is 0 Å². The molecule has 12 rings (SSSR count). The number of benzene rings is 11. The van der Waals surface area contributed by atoms with Gasteiger partial charge >= 0.3 is 0 Å². The van der Waals surface area contributed by atoms with Crippen molar-refractivity contribution in [1.29, 1.82) is 0 Å². The number of nitrogens with zero attached hydrogens (tertiary/aromatic N) is 1. The zero-order chi connectivity index (χ0) is 42.4. The molecule has 11 aromatic carbocycles. The van der Waals surface area contributed by atoms with E-state index in [-0.39, 0.29) is 0 Å². The number of furan rings is 1. The van der Waals surface area contributed by atoms with Gasteiger partial charge in [-0.2, -0.15) is 0 Å². The first kappa shape index (κ1) is 37.3. The molecule has 2 nitrogen and oxygen atoms in total. The van der Waals surface area contributed by atoms with Crippen LogP contribution in [0.25, 0.3) is 99.1 Å². The van der Waals surface area contributed by atoms with Crippen molar-refractivity contribution in [2.75, 3.05) is 4.90 Å². The Bertz CT molecular complexity index is 3670. The Morgan fingerprint density at radius 2 is 0.797 bits per heavy atom. The number of hydrogen-bond donors (Lipinski definition) is 0. The van der Waals surface area contributed by atoms with Crippen LogP contribution in [-0.2, 0) is 0 Å². The molecule has 0 atom stereocenters. The molecule has 0 unspecified atom stereocenters. The third-order valence-electron chi connectivity index (χ3n) is 12.7. The molecule has 0 bridgehead atoms. The lowest BCUT2D eigenvalue weighted by Crippen LogP contribution is -2.11. The van der Waals surface area contributed by atoms with Gasteiger partial charge in [0, 0.05) is 27.7 Å². The first-order valence-corrected chi connectivity index (χ1v) is 21.9. The fourth-order valence-electron chi connectivity index (χ4n) is 9.43. The van der Waals surface area contributed by atoms with E-state index < -0.39 is 0 Å². The van der Waals surface area contributed by atoms with Crippen molar-refractivity contribution in [2.24, 2.45) is 0 Å². The fraction of sp³-hybridized carbons (Fsp3) is 0. The Balaban J connectivity index is 0.952. The van der Waals surface area contributed by atoms with Crippen LogP contribution in [0.4, 0.5) is 17.1 Å². The summed E-state index contributed by atoms with van der Waals surface area (Å²) in [5.74, 6) is 0. The monoisotopic (exact) mass is 815 g/mol. The summed E-state index contributed by atoms with van der Waals surface area (Å²) in [4.78, 5) is 2.40. The predicted molar refractivity (Wildman–Crippen MR) is 271 cm³/mol. The number of hydrogen-bond acceptors (Lipinski definition) is 2. The van der Waals surface area contributed by atoms with Gasteiger partial charge in [0.1, 0.15) is 11.2 Å². The molecule has 1 heterocycles. The van der Waals surface area contributed by atoms with Gasteiger partial charge in [0.05, 0.1) is 5.69 Å². The highest BCUT2D eigenvalue weighted by Gasteiger charge is 2.19. The molecule has 300 valence electrons. The minimum absolute atomic E-state index is 0.888. The minimum atomic E-state index is 0.888. The standard InChI is InChI=1S/C62H41NO/c1-2-14-47-38-51(31-28-42(47)12-1)49-17-9-16-48(39-49)50-18-10-19-54(40-50)63(60-24-7-5-21-57(60)52-34-37-62-59(41-52)58-22-6-8-25-61(58)64-62)53-35-32-44(33-36-53)43-26-29-46(30-27-43)56-23-11-15-45-13-3-4-20-55(45)56/h1-41H. The molecule has 0 saturated heterocycles. The molecule has 0 saturated carbocycles. The van der Waals surface area contributed by atoms with Crippen molar-refractivity contribution in [1.82, 2.24) is 0 Å². The zero-order valence-corrected chi connectivity index (χ0v) is 35.0. The molecule has 0 aliphatic carbocycles. The van der Waals surface area contributed by atoms with Crippen molar-refractivity contribution >= 4 is 60.5 Å². The molecular formula is C62H41NO. The molecule has 0 spiro atoms. The molecule has 0 fully saturated rings. The van der Waals surface area contributed by atoms with Crippen LogP contribution >= 0.6 is 0 Å². The number of para-hydroxylation sites is 2. The van der Waals surface area contributed by atoms with Crippen LogP contribution in [0.3, 0.4) is 0 Å². The third-order valence-corrected chi connectivity index (χ3v) is 12.7. The first-order chi connectivity index (χ1) is 31.7. The lowest BCUT2D eigenvalue weighted by atomic mass is 9.96. The molecule has 0 amide bonds. The Labute approximate surface area is 372 Å². The Morgan fingerprint density at radius 3 is 1.62 bits per heavy atom. The molecule has 0 radical (unpaired) electrons. The molecular weight excluding hydrogens is 775 g/mol. The summed E-state index contributed by atoms with van der Waals surface area (Å²) in [7, 11) is 0. The number of rotatable bonds is 8. The van der Waals surface area contributed by atoms with E-state index in [2.05, 4.69) is 241 Å². The predicted octanol–water partition coefficient (Wildman–Crippen LogP) is 17.7. The Hall–Kier alpha value is -8.46. The van der Waals surface area contributed by atoms with Crippen molar-refractivity contribution in [2.45, 2.75) is 0 Å². The summed E-state index contributed by atoms with van der Waals surface area (Å²) < 4.78 is 6.25. The highest BCUT2D eigenvalue weighted by Crippen LogP contribution is 2.44. The van der Waals surface area contributed by atoms with Gasteiger partial charge in [-0.05, 0) is 132 Å². The SMILES string of the molecule is c1cc(-c2cccc(N(c3ccc(-c4ccc(-c5cccc6ccccc56)cc4)cc3)c3ccccc3-c3ccc4oc5ccccc5c4c3)c2)cc(-c2ccc3ccccc3c2)c1. The van der Waals surface area contributed by atoms with Crippen LogP contribution in [0.5, 0.6) is 0 Å². The Morgan fingerprint density at radius 1 is 0.250 bits per heavy atom. The lowest BCUT2D eigenvalue weighted by Gasteiger charge is -2.28. The van der Waals surface area contributed by atoms with Crippen molar-refractivity contribution in [3.05, 3.63) is 249 Å². The van der Waals surface area contributed by atoms with Crippen molar-refractivity contribution < 1.29 is 4.42 Å². The summed E-state index contributed by atoms with van der Waals surface area (Å²) in [5.41, 5.74) is 16.8. The van der Waals surface area contributed by atoms with E-state index in [0.29, 0.717) is 0 Å². The van der Waals surface area contributed by atoms with Gasteiger partial charge < -0.3 is 9.32 Å². The van der Waals surface area contributed by atoms with Crippen LogP contribution in [-0.4, -0.2) is 0 Å². The molecule has 0 aliphatic rings. The first-order valence-electron chi connectivity index (χ1n) is 21.9. The third kappa shape index (κ3) is 6.79. The molecule has 12 aromatic rings. The summed E-state index contributed by atoms with van der Waals surface area (Å²) >= 11 is 0. The number of anilines is 3. The average Bonchev–Trinajstić information content (AvgIpc) is 3.75. The lowest BCUT2D eigenvalue weighted by molar-refractivity contribution is 0.669. The van der Waals surface area contributed by atoms with Crippen molar-refractivity contribution in [3.63, 3.8) is 0 Å². The molecule has 64 heavy (non-hydrogen) atoms. The zero-order valence-electron chi connectivity index (χ0n) is 35.0. The molecule has 0 N–H and O–H groups in total. The second-order valence-electron chi connectivity index (χ2n) is 16.5. The molecule has 2 heteroatoms. The van der Waals surface area contributed by atoms with Gasteiger partial charge in [-0.1, -0.05) is 188 Å². The second kappa shape index (κ2) is 15.8. The van der Waals surface area contributed by atoms with Crippen LogP contribution in [0, 0.1) is 0 Å². The van der Waals surface area contributed by atoms with E-state index in [9.17, 15) is 0 Å². The average molecular weight is 816 g/mol. The Kier molecular flexibility index (Phi) is 9.20. The summed E-state index contributed by atoms with van der Waals surface area (Å²) in [6.45, 7) is 0. The van der Waals surface area contributed by atoms with Crippen LogP contribution in [0.1, 0.15) is 0 Å². The van der Waals surface area contributed by atoms with Gasteiger partial charge in [0.2, 0.25) is 0 Å². The topological polar surface area (TPSA) is 16.4 Å². The largest absolute Gasteiger partial charge is 0.456 e. The summed E-state index contributed by atoms with van der Waals surface area (Å²) in [6.07, 6.45) is 0. The van der Waals surface area contributed by atoms with E-state index >= 15 is 0 Å². The van der Waals surface area contributed by atoms with Gasteiger partial charge in [0.15, 0.2) is 0 Å². The smallest absolute Gasteiger partial charge is 0.135 e. The maximum atomic E-state index is 6.25. The summed E-state index contributed by atoms with van der Waals surface area (Å²) in [6, 6.07) is 89.8. The van der Waals surface area contributed by atoms with Gasteiger partial charge in [0.25, 0.3) is 0 Å². The van der Waals surface area contributed by atoms with E-state index in [1.54, 1.807) is 0 Å². The van der Waals surface area contributed by atoms with E-state index in [1.165, 1.54) is 54.9 Å². The fourth-order valence-corrected chi connectivity index (χ4v) is 9.43. The normalized spacial score (nSPS) is 11.4. The van der Waals surface area contributed by atoms with E-state index in [1.807, 2.05) is 12.1 Å². The van der Waals surface area contributed by atoms with Crippen LogP contribution in [0.2, 0.25) is 0 Å². The number of fused-ring (bicyclic) bond motifs is 5. The molecule has 1 aromatic heterocycles. The maximum absolute atomic E-state index is 6.25. The van der Waals surface area contributed by atoms with Crippen LogP contribution in [0.15, 0.2) is 253 Å². The van der Waals surface area contributed by atoms with Gasteiger partial charge in [-0.3, -0.25) is 0 Å². The molecule has 0 aliphatic heterocycles. The van der Waals surface area contributed by atoms with Gasteiger partial charge in [-0.15, -0.1) is 0 Å². The van der Waals surface area contributed by atoms with Crippen molar-refractivity contribution in [3.8, 4) is 55.6 Å². The highest BCUT2D eigenvalue weighted by molar-refractivity contribution is 6.07. The maximum Gasteiger partial charge on any atom is 0.135 e. The van der Waals surface area contributed by atoms with E-state index in [4.69, 9.17) is 4.42 Å². The van der Waals surface area contributed by atoms with Crippen LogP contribution < -0.4 is 4.90 Å². The second-order valence-corrected chi connectivity index (χ2v) is 16.5.